The number of nitrogens with one attached hydrogen (secondary N) is 1. The summed E-state index contributed by atoms with van der Waals surface area (Å²) in [5.74, 6) is 1.06. The Hall–Kier alpha value is -3.55. The van der Waals surface area contributed by atoms with Gasteiger partial charge in [-0.3, -0.25) is 14.9 Å². The Balaban J connectivity index is 2.01. The van der Waals surface area contributed by atoms with Crippen molar-refractivity contribution in [2.24, 2.45) is 0 Å². The molecule has 0 aliphatic rings. The molecule has 0 aliphatic heterocycles. The Morgan fingerprint density at radius 3 is 2.48 bits per heavy atom. The number of carbonyl (C=O) groups is 1. The maximum Gasteiger partial charge on any atom is 0.273 e. The second-order valence-corrected chi connectivity index (χ2v) is 6.78. The summed E-state index contributed by atoms with van der Waals surface area (Å²) in [5.41, 5.74) is 0.985. The molecule has 31 heavy (non-hydrogen) atoms. The molecule has 0 aliphatic carbocycles. The normalized spacial score (nSPS) is 10.7. The first-order chi connectivity index (χ1) is 15.0. The Morgan fingerprint density at radius 1 is 1.03 bits per heavy atom. The SMILES string of the molecule is CCCCCCOc1ccc(/C=C/C(=O)Nc2ccc([N+](=O)[O-])cc2OC)cc1OC. The molecule has 0 aromatic heterocycles. The van der Waals surface area contributed by atoms with Gasteiger partial charge in [0, 0.05) is 12.1 Å². The van der Waals surface area contributed by atoms with E-state index in [2.05, 4.69) is 12.2 Å². The number of nitro groups is 1. The van der Waals surface area contributed by atoms with Crippen LogP contribution < -0.4 is 19.5 Å². The fourth-order valence-corrected chi connectivity index (χ4v) is 2.86. The van der Waals surface area contributed by atoms with Crippen molar-refractivity contribution in [2.45, 2.75) is 32.6 Å². The van der Waals surface area contributed by atoms with Crippen LogP contribution in [0.5, 0.6) is 17.2 Å². The number of rotatable bonds is 12. The Labute approximate surface area is 182 Å². The summed E-state index contributed by atoms with van der Waals surface area (Å²) in [6.45, 7) is 2.80. The molecular weight excluding hydrogens is 400 g/mol. The van der Waals surface area contributed by atoms with Crippen LogP contribution in [0.3, 0.4) is 0 Å². The van der Waals surface area contributed by atoms with Crippen LogP contribution in [0.25, 0.3) is 6.08 Å². The van der Waals surface area contributed by atoms with Gasteiger partial charge in [0.1, 0.15) is 5.75 Å². The zero-order valence-electron chi connectivity index (χ0n) is 18.1. The van der Waals surface area contributed by atoms with Gasteiger partial charge < -0.3 is 19.5 Å². The van der Waals surface area contributed by atoms with Gasteiger partial charge in [0.25, 0.3) is 5.69 Å². The lowest BCUT2D eigenvalue weighted by molar-refractivity contribution is -0.384. The molecule has 1 N–H and O–H groups in total. The molecule has 0 radical (unpaired) electrons. The molecule has 0 fully saturated rings. The third-order valence-electron chi connectivity index (χ3n) is 4.52. The predicted octanol–water partition coefficient (Wildman–Crippen LogP) is 5.22. The Kier molecular flexibility index (Phi) is 9.35. The van der Waals surface area contributed by atoms with E-state index >= 15 is 0 Å². The fourth-order valence-electron chi connectivity index (χ4n) is 2.86. The van der Waals surface area contributed by atoms with Gasteiger partial charge in [-0.2, -0.15) is 0 Å². The molecule has 1 amide bonds. The lowest BCUT2D eigenvalue weighted by Gasteiger charge is -2.11. The summed E-state index contributed by atoms with van der Waals surface area (Å²) in [5, 5.41) is 13.5. The number of non-ortho nitro benzene ring substituents is 1. The number of amides is 1. The van der Waals surface area contributed by atoms with E-state index in [-0.39, 0.29) is 11.4 Å². The average molecular weight is 428 g/mol. The minimum absolute atomic E-state index is 0.120. The first-order valence-corrected chi connectivity index (χ1v) is 10.1. The molecule has 0 saturated heterocycles. The van der Waals surface area contributed by atoms with Gasteiger partial charge in [-0.15, -0.1) is 0 Å². The topological polar surface area (TPSA) is 99.9 Å². The summed E-state index contributed by atoms with van der Waals surface area (Å²) in [4.78, 5) is 22.6. The van der Waals surface area contributed by atoms with Crippen molar-refractivity contribution in [1.29, 1.82) is 0 Å². The molecule has 2 aromatic rings. The minimum atomic E-state index is -0.528. The van der Waals surface area contributed by atoms with Crippen molar-refractivity contribution in [3.63, 3.8) is 0 Å². The molecule has 166 valence electrons. The third kappa shape index (κ3) is 7.33. The van der Waals surface area contributed by atoms with E-state index in [4.69, 9.17) is 14.2 Å². The Morgan fingerprint density at radius 2 is 1.81 bits per heavy atom. The molecule has 8 nitrogen and oxygen atoms in total. The number of anilines is 1. The summed E-state index contributed by atoms with van der Waals surface area (Å²) >= 11 is 0. The maximum atomic E-state index is 12.3. The first-order valence-electron chi connectivity index (χ1n) is 10.1. The van der Waals surface area contributed by atoms with Crippen LogP contribution in [0.2, 0.25) is 0 Å². The maximum absolute atomic E-state index is 12.3. The van der Waals surface area contributed by atoms with E-state index in [1.54, 1.807) is 19.3 Å². The van der Waals surface area contributed by atoms with Crippen molar-refractivity contribution in [2.75, 3.05) is 26.1 Å². The van der Waals surface area contributed by atoms with Crippen LogP contribution in [0.1, 0.15) is 38.2 Å². The molecule has 0 unspecified atom stereocenters. The van der Waals surface area contributed by atoms with Gasteiger partial charge in [0.05, 0.1) is 37.5 Å². The number of nitrogens with zero attached hydrogens (tertiary/aromatic N) is 1. The van der Waals surface area contributed by atoms with Crippen LogP contribution in [-0.4, -0.2) is 31.7 Å². The number of methoxy groups -OCH3 is 2. The number of carbonyl (C=O) groups excluding carboxylic acids is 1. The number of ether oxygens (including phenoxy) is 3. The lowest BCUT2D eigenvalue weighted by atomic mass is 10.2. The highest BCUT2D eigenvalue weighted by molar-refractivity contribution is 6.02. The van der Waals surface area contributed by atoms with Gasteiger partial charge >= 0.3 is 0 Å². The largest absolute Gasteiger partial charge is 0.494 e. The van der Waals surface area contributed by atoms with Crippen molar-refractivity contribution in [3.8, 4) is 17.2 Å². The first kappa shape index (κ1) is 23.7. The number of unbranched alkanes of at least 4 members (excludes halogenated alkanes) is 3. The van der Waals surface area contributed by atoms with Gasteiger partial charge in [0.15, 0.2) is 11.5 Å². The number of hydrogen-bond donors (Lipinski definition) is 1. The average Bonchev–Trinajstić information content (AvgIpc) is 2.78. The third-order valence-corrected chi connectivity index (χ3v) is 4.52. The summed E-state index contributed by atoms with van der Waals surface area (Å²) in [6, 6.07) is 9.42. The molecule has 2 aromatic carbocycles. The van der Waals surface area contributed by atoms with Crippen molar-refractivity contribution in [1.82, 2.24) is 0 Å². The van der Waals surface area contributed by atoms with Crippen LogP contribution in [0.15, 0.2) is 42.5 Å². The van der Waals surface area contributed by atoms with E-state index in [9.17, 15) is 14.9 Å². The van der Waals surface area contributed by atoms with Gasteiger partial charge in [0.2, 0.25) is 5.91 Å². The van der Waals surface area contributed by atoms with Crippen LogP contribution >= 0.6 is 0 Å². The van der Waals surface area contributed by atoms with E-state index in [1.807, 2.05) is 12.1 Å². The lowest BCUT2D eigenvalue weighted by Crippen LogP contribution is -2.09. The van der Waals surface area contributed by atoms with E-state index in [1.165, 1.54) is 44.2 Å². The summed E-state index contributed by atoms with van der Waals surface area (Å²) in [7, 11) is 2.95. The van der Waals surface area contributed by atoms with Gasteiger partial charge in [-0.25, -0.2) is 0 Å². The van der Waals surface area contributed by atoms with Crippen LogP contribution in [-0.2, 0) is 4.79 Å². The monoisotopic (exact) mass is 428 g/mol. The van der Waals surface area contributed by atoms with Crippen molar-refractivity contribution in [3.05, 3.63) is 58.2 Å². The quantitative estimate of drug-likeness (QED) is 0.215. The van der Waals surface area contributed by atoms with Crippen LogP contribution in [0.4, 0.5) is 11.4 Å². The molecule has 0 spiro atoms. The van der Waals surface area contributed by atoms with Gasteiger partial charge in [-0.05, 0) is 36.3 Å². The number of benzene rings is 2. The fraction of sp³-hybridized carbons (Fsp3) is 0.348. The second-order valence-electron chi connectivity index (χ2n) is 6.78. The zero-order valence-corrected chi connectivity index (χ0v) is 18.1. The summed E-state index contributed by atoms with van der Waals surface area (Å²) < 4.78 is 16.3. The zero-order chi connectivity index (χ0) is 22.6. The highest BCUT2D eigenvalue weighted by Crippen LogP contribution is 2.30. The smallest absolute Gasteiger partial charge is 0.273 e. The van der Waals surface area contributed by atoms with Gasteiger partial charge in [-0.1, -0.05) is 32.3 Å². The van der Waals surface area contributed by atoms with Crippen LogP contribution in [0, 0.1) is 10.1 Å². The molecule has 0 saturated carbocycles. The van der Waals surface area contributed by atoms with E-state index < -0.39 is 10.8 Å². The Bertz CT molecular complexity index is 926. The van der Waals surface area contributed by atoms with E-state index in [0.717, 1.165) is 18.4 Å². The molecular formula is C23H28N2O6. The second kappa shape index (κ2) is 12.2. The molecule has 8 heteroatoms. The van der Waals surface area contributed by atoms with Crippen molar-refractivity contribution < 1.29 is 23.9 Å². The summed E-state index contributed by atoms with van der Waals surface area (Å²) in [6.07, 6.45) is 7.49. The molecule has 0 heterocycles. The molecule has 0 atom stereocenters. The number of nitro benzene ring substituents is 1. The van der Waals surface area contributed by atoms with Crippen molar-refractivity contribution >= 4 is 23.4 Å². The number of hydrogen-bond acceptors (Lipinski definition) is 6. The predicted molar refractivity (Wildman–Crippen MR) is 120 cm³/mol. The minimum Gasteiger partial charge on any atom is -0.494 e. The molecule has 2 rings (SSSR count). The standard InChI is InChI=1S/C23H28N2O6/c1-4-5-6-7-14-31-20-12-8-17(15-22(20)30-3)9-13-23(26)24-19-11-10-18(25(27)28)16-21(19)29-2/h8-13,15-16H,4-7,14H2,1-3H3,(H,24,26)/b13-9+. The highest BCUT2D eigenvalue weighted by Gasteiger charge is 2.12. The highest BCUT2D eigenvalue weighted by atomic mass is 16.6. The molecule has 0 bridgehead atoms. The van der Waals surface area contributed by atoms with E-state index in [0.29, 0.717) is 23.8 Å².